The third-order valence-electron chi connectivity index (χ3n) is 4.23. The van der Waals surface area contributed by atoms with E-state index in [0.717, 1.165) is 47.0 Å². The number of hydrogen-bond donors (Lipinski definition) is 1. The molecule has 2 aromatic rings. The Morgan fingerprint density at radius 2 is 2.10 bits per heavy atom. The zero-order chi connectivity index (χ0) is 14.5. The van der Waals surface area contributed by atoms with Gasteiger partial charge in [0, 0.05) is 11.1 Å². The highest BCUT2D eigenvalue weighted by atomic mass is 16.4. The van der Waals surface area contributed by atoms with Gasteiger partial charge in [0.1, 0.15) is 0 Å². The lowest BCUT2D eigenvalue weighted by molar-refractivity contribution is 0.0696. The summed E-state index contributed by atoms with van der Waals surface area (Å²) in [7, 11) is 0. The fourth-order valence-electron chi connectivity index (χ4n) is 3.13. The third-order valence-corrected chi connectivity index (χ3v) is 4.23. The van der Waals surface area contributed by atoms with E-state index in [9.17, 15) is 9.90 Å². The molecular formula is C17H19NO2. The molecule has 1 aliphatic rings. The summed E-state index contributed by atoms with van der Waals surface area (Å²) < 4.78 is 0. The zero-order valence-corrected chi connectivity index (χ0v) is 12.2. The number of aromatic carboxylic acids is 1. The first-order chi connectivity index (χ1) is 9.37. The predicted octanol–water partition coefficient (Wildman–Crippen LogP) is 3.76. The molecule has 0 saturated heterocycles. The second kappa shape index (κ2) is 4.30. The largest absolute Gasteiger partial charge is 0.478 e. The highest BCUT2D eigenvalue weighted by Crippen LogP contribution is 2.37. The van der Waals surface area contributed by atoms with Gasteiger partial charge < -0.3 is 5.11 Å². The zero-order valence-electron chi connectivity index (χ0n) is 12.2. The van der Waals surface area contributed by atoms with Crippen LogP contribution in [0, 0.1) is 12.3 Å². The maximum atomic E-state index is 11.8. The Morgan fingerprint density at radius 3 is 2.80 bits per heavy atom. The van der Waals surface area contributed by atoms with E-state index in [-0.39, 0.29) is 5.41 Å². The number of fused-ring (bicyclic) bond motifs is 2. The molecule has 1 heterocycles. The van der Waals surface area contributed by atoms with Crippen LogP contribution < -0.4 is 0 Å². The lowest BCUT2D eigenvalue weighted by atomic mass is 9.74. The van der Waals surface area contributed by atoms with Gasteiger partial charge in [-0.15, -0.1) is 0 Å². The molecule has 20 heavy (non-hydrogen) atoms. The summed E-state index contributed by atoms with van der Waals surface area (Å²) in [5, 5.41) is 10.4. The minimum absolute atomic E-state index is 0.149. The van der Waals surface area contributed by atoms with Gasteiger partial charge in [-0.05, 0) is 49.3 Å². The van der Waals surface area contributed by atoms with Crippen molar-refractivity contribution < 1.29 is 9.90 Å². The topological polar surface area (TPSA) is 50.2 Å². The van der Waals surface area contributed by atoms with E-state index in [1.54, 1.807) is 0 Å². The van der Waals surface area contributed by atoms with Gasteiger partial charge in [0.15, 0.2) is 0 Å². The van der Waals surface area contributed by atoms with Crippen LogP contribution in [0.4, 0.5) is 0 Å². The second-order valence-electron chi connectivity index (χ2n) is 6.58. The van der Waals surface area contributed by atoms with Crippen LogP contribution in [0.3, 0.4) is 0 Å². The van der Waals surface area contributed by atoms with Gasteiger partial charge in [0.25, 0.3) is 0 Å². The Labute approximate surface area is 118 Å². The molecule has 0 fully saturated rings. The van der Waals surface area contributed by atoms with Gasteiger partial charge in [0.05, 0.1) is 11.1 Å². The average Bonchev–Trinajstić information content (AvgIpc) is 2.35. The van der Waals surface area contributed by atoms with Crippen molar-refractivity contribution in [3.63, 3.8) is 0 Å². The normalized spacial score (nSPS) is 16.9. The standard InChI is InChI=1S/C17H19NO2/c1-10-4-5-13-11(8-10)15(16(19)20)12-9-17(2,3)7-6-14(12)18-13/h4-5,8H,6-7,9H2,1-3H3,(H,19,20). The molecule has 0 saturated carbocycles. The number of carboxylic acid groups (broad SMARTS) is 1. The molecule has 0 amide bonds. The number of hydrogen-bond acceptors (Lipinski definition) is 2. The lowest BCUT2D eigenvalue weighted by Gasteiger charge is -2.32. The van der Waals surface area contributed by atoms with Crippen molar-refractivity contribution >= 4 is 16.9 Å². The van der Waals surface area contributed by atoms with Gasteiger partial charge in [0.2, 0.25) is 0 Å². The van der Waals surface area contributed by atoms with Gasteiger partial charge in [-0.1, -0.05) is 25.5 Å². The fourth-order valence-corrected chi connectivity index (χ4v) is 3.13. The summed E-state index contributed by atoms with van der Waals surface area (Å²) in [5.41, 5.74) is 4.38. The molecule has 0 unspecified atom stereocenters. The third kappa shape index (κ3) is 2.07. The van der Waals surface area contributed by atoms with Crippen molar-refractivity contribution in [2.75, 3.05) is 0 Å². The van der Waals surface area contributed by atoms with E-state index in [4.69, 9.17) is 4.98 Å². The molecule has 3 heteroatoms. The van der Waals surface area contributed by atoms with Crippen molar-refractivity contribution in [1.29, 1.82) is 0 Å². The number of rotatable bonds is 1. The minimum Gasteiger partial charge on any atom is -0.478 e. The summed E-state index contributed by atoms with van der Waals surface area (Å²) in [4.78, 5) is 16.5. The monoisotopic (exact) mass is 269 g/mol. The van der Waals surface area contributed by atoms with Crippen LogP contribution in [0.2, 0.25) is 0 Å². The Balaban J connectivity index is 2.36. The predicted molar refractivity (Wildman–Crippen MR) is 79.2 cm³/mol. The van der Waals surface area contributed by atoms with Gasteiger partial charge in [-0.3, -0.25) is 4.98 Å². The summed E-state index contributed by atoms with van der Waals surface area (Å²) in [6, 6.07) is 5.85. The van der Waals surface area contributed by atoms with Crippen LogP contribution in [-0.4, -0.2) is 16.1 Å². The first-order valence-electron chi connectivity index (χ1n) is 7.03. The molecule has 104 valence electrons. The summed E-state index contributed by atoms with van der Waals surface area (Å²) in [6.45, 7) is 6.37. The first-order valence-corrected chi connectivity index (χ1v) is 7.03. The van der Waals surface area contributed by atoms with E-state index in [1.807, 2.05) is 25.1 Å². The second-order valence-corrected chi connectivity index (χ2v) is 6.58. The maximum Gasteiger partial charge on any atom is 0.336 e. The molecule has 0 atom stereocenters. The smallest absolute Gasteiger partial charge is 0.336 e. The maximum absolute atomic E-state index is 11.8. The molecule has 3 nitrogen and oxygen atoms in total. The highest BCUT2D eigenvalue weighted by molar-refractivity contribution is 6.04. The molecule has 1 N–H and O–H groups in total. The summed E-state index contributed by atoms with van der Waals surface area (Å²) in [5.74, 6) is -0.836. The highest BCUT2D eigenvalue weighted by Gasteiger charge is 2.30. The summed E-state index contributed by atoms with van der Waals surface area (Å²) in [6.07, 6.45) is 2.72. The van der Waals surface area contributed by atoms with Crippen LogP contribution in [-0.2, 0) is 12.8 Å². The van der Waals surface area contributed by atoms with Crippen LogP contribution in [0.25, 0.3) is 10.9 Å². The van der Waals surface area contributed by atoms with Crippen molar-refractivity contribution in [2.45, 2.75) is 40.0 Å². The molecule has 1 aromatic heterocycles. The molecule has 1 aromatic carbocycles. The average molecular weight is 269 g/mol. The number of aryl methyl sites for hydroxylation is 2. The van der Waals surface area contributed by atoms with Crippen LogP contribution in [0.5, 0.6) is 0 Å². The van der Waals surface area contributed by atoms with E-state index >= 15 is 0 Å². The quantitative estimate of drug-likeness (QED) is 0.857. The van der Waals surface area contributed by atoms with Gasteiger partial charge in [-0.2, -0.15) is 0 Å². The SMILES string of the molecule is Cc1ccc2nc3c(c(C(=O)O)c2c1)CC(C)(C)CC3. The molecule has 3 rings (SSSR count). The number of aromatic nitrogens is 1. The van der Waals surface area contributed by atoms with Crippen LogP contribution in [0.15, 0.2) is 18.2 Å². The Kier molecular flexibility index (Phi) is 2.82. The Bertz CT molecular complexity index is 716. The Morgan fingerprint density at radius 1 is 1.35 bits per heavy atom. The van der Waals surface area contributed by atoms with Crippen LogP contribution >= 0.6 is 0 Å². The number of benzene rings is 1. The minimum atomic E-state index is -0.836. The molecular weight excluding hydrogens is 250 g/mol. The first kappa shape index (κ1) is 13.1. The van der Waals surface area contributed by atoms with Crippen molar-refractivity contribution in [2.24, 2.45) is 5.41 Å². The van der Waals surface area contributed by atoms with Gasteiger partial charge in [-0.25, -0.2) is 4.79 Å². The van der Waals surface area contributed by atoms with Crippen molar-refractivity contribution in [1.82, 2.24) is 4.98 Å². The molecule has 0 aliphatic heterocycles. The Hall–Kier alpha value is -1.90. The van der Waals surface area contributed by atoms with E-state index in [1.165, 1.54) is 0 Å². The number of nitrogens with zero attached hydrogens (tertiary/aromatic N) is 1. The number of carbonyl (C=O) groups is 1. The molecule has 0 radical (unpaired) electrons. The molecule has 0 bridgehead atoms. The number of carboxylic acids is 1. The molecule has 1 aliphatic carbocycles. The fraction of sp³-hybridized carbons (Fsp3) is 0.412. The number of pyridine rings is 1. The van der Waals surface area contributed by atoms with Gasteiger partial charge >= 0.3 is 5.97 Å². The lowest BCUT2D eigenvalue weighted by Crippen LogP contribution is -2.25. The van der Waals surface area contributed by atoms with Crippen LogP contribution in [0.1, 0.15) is 47.4 Å². The van der Waals surface area contributed by atoms with Crippen molar-refractivity contribution in [3.05, 3.63) is 40.6 Å². The van der Waals surface area contributed by atoms with E-state index in [2.05, 4.69) is 13.8 Å². The summed E-state index contributed by atoms with van der Waals surface area (Å²) >= 11 is 0. The van der Waals surface area contributed by atoms with E-state index < -0.39 is 5.97 Å². The van der Waals surface area contributed by atoms with E-state index in [0.29, 0.717) is 5.56 Å². The van der Waals surface area contributed by atoms with Crippen molar-refractivity contribution in [3.8, 4) is 0 Å². The molecule has 0 spiro atoms.